The van der Waals surface area contributed by atoms with Gasteiger partial charge in [-0.3, -0.25) is 15.0 Å². The molecule has 0 atom stereocenters. The highest BCUT2D eigenvalue weighted by Gasteiger charge is 2.09. The van der Waals surface area contributed by atoms with E-state index in [1.807, 2.05) is 0 Å². The molecular weight excluding hydrogens is 436 g/mol. The number of Topliss-reactive ketones (excluding diaryl/α,β-unsaturated/α-hetero) is 2. The summed E-state index contributed by atoms with van der Waals surface area (Å²) in [5, 5.41) is 11.1. The van der Waals surface area contributed by atoms with E-state index in [1.165, 1.54) is 13.8 Å². The fourth-order valence-electron chi connectivity index (χ4n) is 2.98. The van der Waals surface area contributed by atoms with Crippen LogP contribution in [0.5, 0.6) is 0 Å². The van der Waals surface area contributed by atoms with E-state index in [1.54, 1.807) is 18.2 Å². The molecule has 1 rings (SSSR count). The van der Waals surface area contributed by atoms with Crippen molar-refractivity contribution in [2.75, 3.05) is 0 Å². The zero-order chi connectivity index (χ0) is 25.5. The highest BCUT2D eigenvalue weighted by Crippen LogP contribution is 2.20. The molecule has 0 saturated heterocycles. The predicted molar refractivity (Wildman–Crippen MR) is 137 cm³/mol. The Balaban J connectivity index is 2.65. The van der Waals surface area contributed by atoms with Gasteiger partial charge in [0.2, 0.25) is 11.9 Å². The number of rotatable bonds is 14. The Morgan fingerprint density at radius 2 is 1.26 bits per heavy atom. The number of nitrogens with one attached hydrogen (secondary N) is 1. The van der Waals surface area contributed by atoms with Crippen LogP contribution < -0.4 is 34.1 Å². The summed E-state index contributed by atoms with van der Waals surface area (Å²) in [6.45, 7) is 2.88. The Morgan fingerprint density at radius 1 is 0.735 bits per heavy atom. The molecule has 11 N–H and O–H groups in total. The van der Waals surface area contributed by atoms with Crippen molar-refractivity contribution in [3.05, 3.63) is 29.3 Å². The van der Waals surface area contributed by atoms with Gasteiger partial charge >= 0.3 is 0 Å². The second-order valence-corrected chi connectivity index (χ2v) is 7.83. The van der Waals surface area contributed by atoms with E-state index >= 15 is 0 Å². The maximum Gasteiger partial charge on any atom is 0.211 e. The first kappa shape index (κ1) is 28.1. The zero-order valence-corrected chi connectivity index (χ0v) is 19.9. The average molecular weight is 473 g/mol. The molecule has 0 aliphatic rings. The molecule has 0 amide bonds. The molecule has 12 heteroatoms. The third-order valence-electron chi connectivity index (χ3n) is 4.70. The molecule has 0 heterocycles. The maximum atomic E-state index is 11.8. The molecule has 0 aromatic heterocycles. The number of nitrogens with zero attached hydrogens (tertiary/aromatic N) is 4. The van der Waals surface area contributed by atoms with Crippen LogP contribution in [0.1, 0.15) is 85.9 Å². The maximum absolute atomic E-state index is 11.8. The van der Waals surface area contributed by atoms with Crippen LogP contribution >= 0.6 is 0 Å². The summed E-state index contributed by atoms with van der Waals surface area (Å²) in [6.07, 6.45) is 7.06. The average Bonchev–Trinajstić information content (AvgIpc) is 2.77. The SMILES string of the molecule is CC(=O)c1cc(N=C(CCCCCCCCC(N)=NN=C(N)N)NN=C(N)N)cc(C(C)=O)c1. The molecule has 0 aliphatic carbocycles. The Morgan fingerprint density at radius 3 is 1.76 bits per heavy atom. The molecule has 12 nitrogen and oxygen atoms in total. The number of nitrogens with two attached hydrogens (primary N) is 5. The molecule has 1 aromatic carbocycles. The monoisotopic (exact) mass is 472 g/mol. The van der Waals surface area contributed by atoms with Gasteiger partial charge in [-0.05, 0) is 44.9 Å². The summed E-state index contributed by atoms with van der Waals surface area (Å²) >= 11 is 0. The Hall–Kier alpha value is -3.96. The molecule has 0 aliphatic heterocycles. The van der Waals surface area contributed by atoms with Crippen molar-refractivity contribution in [1.29, 1.82) is 0 Å². The Kier molecular flexibility index (Phi) is 12.4. The van der Waals surface area contributed by atoms with Crippen molar-refractivity contribution >= 4 is 40.8 Å². The summed E-state index contributed by atoms with van der Waals surface area (Å²) in [5.74, 6) is 0.391. The standard InChI is InChI=1S/C22H36N10O2/c1-14(33)16-11-17(15(2)34)13-18(12-16)28-20(30-32-22(26)27)10-8-6-4-3-5-7-9-19(23)29-31-21(24)25/h11-13H,3-10H2,1-2H3,(H2,23,29)(H,28,30)(H4,24,25,31)(H4,26,27,32). The van der Waals surface area contributed by atoms with Gasteiger partial charge in [-0.2, -0.15) is 0 Å². The largest absolute Gasteiger partial charge is 0.386 e. The topological polar surface area (TPSA) is 226 Å². The second-order valence-electron chi connectivity index (χ2n) is 7.83. The summed E-state index contributed by atoms with van der Waals surface area (Å²) in [4.78, 5) is 28.2. The number of amidine groups is 2. The predicted octanol–water partition coefficient (Wildman–Crippen LogP) is 1.57. The number of carbonyl (C=O) groups excluding carboxylic acids is 2. The smallest absolute Gasteiger partial charge is 0.211 e. The van der Waals surface area contributed by atoms with Crippen LogP contribution in [0, 0.1) is 0 Å². The normalized spacial score (nSPS) is 11.6. The number of hydrogen-bond donors (Lipinski definition) is 6. The minimum atomic E-state index is -0.150. The van der Waals surface area contributed by atoms with E-state index in [0.29, 0.717) is 41.3 Å². The third kappa shape index (κ3) is 12.2. The highest BCUT2D eigenvalue weighted by molar-refractivity contribution is 6.01. The number of hydrogen-bond acceptors (Lipinski definition) is 6. The lowest BCUT2D eigenvalue weighted by Gasteiger charge is -2.08. The number of unbranched alkanes of at least 4 members (excludes halogenated alkanes) is 5. The number of benzene rings is 1. The van der Waals surface area contributed by atoms with E-state index < -0.39 is 0 Å². The number of guanidine groups is 2. The van der Waals surface area contributed by atoms with Gasteiger partial charge in [0.15, 0.2) is 11.6 Å². The van der Waals surface area contributed by atoms with Gasteiger partial charge in [-0.1, -0.05) is 25.7 Å². The quantitative estimate of drug-likeness (QED) is 0.0763. The molecule has 186 valence electrons. The first-order valence-electron chi connectivity index (χ1n) is 11.1. The van der Waals surface area contributed by atoms with Crippen molar-refractivity contribution in [3.63, 3.8) is 0 Å². The van der Waals surface area contributed by atoms with E-state index in [0.717, 1.165) is 38.5 Å². The van der Waals surface area contributed by atoms with Crippen LogP contribution in [0.15, 0.2) is 38.5 Å². The van der Waals surface area contributed by atoms with E-state index in [2.05, 4.69) is 25.7 Å². The van der Waals surface area contributed by atoms with Crippen molar-refractivity contribution < 1.29 is 9.59 Å². The number of carbonyl (C=O) groups is 2. The molecular formula is C22H36N10O2. The minimum absolute atomic E-state index is 0.119. The Bertz CT molecular complexity index is 926. The van der Waals surface area contributed by atoms with Crippen molar-refractivity contribution in [2.24, 2.45) is 49.0 Å². The first-order valence-corrected chi connectivity index (χ1v) is 11.1. The van der Waals surface area contributed by atoms with E-state index in [4.69, 9.17) is 28.7 Å². The number of hydrazone groups is 1. The fourth-order valence-corrected chi connectivity index (χ4v) is 2.98. The summed E-state index contributed by atoms with van der Waals surface area (Å²) in [6, 6.07) is 4.83. The molecule has 0 spiro atoms. The highest BCUT2D eigenvalue weighted by atomic mass is 16.1. The lowest BCUT2D eigenvalue weighted by Crippen LogP contribution is -2.29. The summed E-state index contributed by atoms with van der Waals surface area (Å²) < 4.78 is 0. The van der Waals surface area contributed by atoms with Crippen molar-refractivity contribution in [2.45, 2.75) is 65.2 Å². The molecule has 34 heavy (non-hydrogen) atoms. The van der Waals surface area contributed by atoms with Gasteiger partial charge in [-0.15, -0.1) is 15.3 Å². The van der Waals surface area contributed by atoms with Gasteiger partial charge in [-0.25, -0.2) is 4.99 Å². The lowest BCUT2D eigenvalue weighted by atomic mass is 10.0. The van der Waals surface area contributed by atoms with Crippen LogP contribution in [-0.2, 0) is 0 Å². The van der Waals surface area contributed by atoms with Gasteiger partial charge in [0.05, 0.1) is 5.69 Å². The van der Waals surface area contributed by atoms with Gasteiger partial charge in [0.1, 0.15) is 11.7 Å². The van der Waals surface area contributed by atoms with E-state index in [-0.39, 0.29) is 23.5 Å². The fraction of sp³-hybridized carbons (Fsp3) is 0.455. The molecule has 0 radical (unpaired) electrons. The van der Waals surface area contributed by atoms with Crippen molar-refractivity contribution in [3.8, 4) is 0 Å². The number of ketones is 2. The minimum Gasteiger partial charge on any atom is -0.386 e. The zero-order valence-electron chi connectivity index (χ0n) is 19.9. The van der Waals surface area contributed by atoms with Crippen LogP contribution in [0.3, 0.4) is 0 Å². The summed E-state index contributed by atoms with van der Waals surface area (Å²) in [7, 11) is 0. The van der Waals surface area contributed by atoms with Gasteiger partial charge < -0.3 is 28.7 Å². The molecule has 0 fully saturated rings. The third-order valence-corrected chi connectivity index (χ3v) is 4.70. The Labute approximate surface area is 199 Å². The number of aliphatic imine (C=N–C) groups is 1. The molecule has 0 unspecified atom stereocenters. The van der Waals surface area contributed by atoms with Gasteiger partial charge in [0.25, 0.3) is 0 Å². The van der Waals surface area contributed by atoms with Gasteiger partial charge in [0, 0.05) is 24.0 Å². The molecule has 1 aromatic rings. The molecule has 0 saturated carbocycles. The van der Waals surface area contributed by atoms with Crippen LogP contribution in [0.25, 0.3) is 0 Å². The first-order chi connectivity index (χ1) is 16.1. The van der Waals surface area contributed by atoms with E-state index in [9.17, 15) is 9.59 Å². The van der Waals surface area contributed by atoms with Crippen LogP contribution in [0.4, 0.5) is 5.69 Å². The van der Waals surface area contributed by atoms with Crippen LogP contribution in [-0.4, -0.2) is 35.2 Å². The summed E-state index contributed by atoms with van der Waals surface area (Å²) in [5.41, 5.74) is 31.1. The molecule has 0 bridgehead atoms. The lowest BCUT2D eigenvalue weighted by molar-refractivity contribution is 0.101. The van der Waals surface area contributed by atoms with Crippen molar-refractivity contribution in [1.82, 2.24) is 5.43 Å². The van der Waals surface area contributed by atoms with Crippen LogP contribution in [0.2, 0.25) is 0 Å². The second kappa shape index (κ2) is 15.0.